The summed E-state index contributed by atoms with van der Waals surface area (Å²) in [6.45, 7) is 5.37. The average molecular weight is 359 g/mol. The molecule has 3 rings (SSSR count). The number of rotatable bonds is 2. The van der Waals surface area contributed by atoms with Gasteiger partial charge in [-0.05, 0) is 63.2 Å². The summed E-state index contributed by atoms with van der Waals surface area (Å²) in [6, 6.07) is 1.48. The van der Waals surface area contributed by atoms with Crippen molar-refractivity contribution in [1.29, 1.82) is 0 Å². The van der Waals surface area contributed by atoms with Crippen molar-refractivity contribution in [1.82, 2.24) is 10.3 Å². The largest absolute Gasteiger partial charge is 0.357 e. The highest BCUT2D eigenvalue weighted by Gasteiger charge is 2.24. The van der Waals surface area contributed by atoms with E-state index in [0.717, 1.165) is 40.6 Å². The van der Waals surface area contributed by atoms with Crippen LogP contribution in [0.5, 0.6) is 0 Å². The quantitative estimate of drug-likeness (QED) is 0.754. The first-order chi connectivity index (χ1) is 11.9. The third-order valence-corrected chi connectivity index (χ3v) is 5.08. The smallest absolute Gasteiger partial charge is 0.296 e. The number of H-pyrrole nitrogens is 1. The summed E-state index contributed by atoms with van der Waals surface area (Å²) in [6.07, 6.45) is 4.19. The molecule has 0 fully saturated rings. The van der Waals surface area contributed by atoms with Crippen LogP contribution in [0.2, 0.25) is 5.02 Å². The normalized spacial score (nSPS) is 17.0. The van der Waals surface area contributed by atoms with Crippen LogP contribution in [0.3, 0.4) is 0 Å². The van der Waals surface area contributed by atoms with Gasteiger partial charge in [0.15, 0.2) is 0 Å². The number of aryl methyl sites for hydroxylation is 2. The van der Waals surface area contributed by atoms with Crippen LogP contribution < -0.4 is 5.32 Å². The number of aromatic amines is 1. The molecule has 1 aromatic heterocycles. The summed E-state index contributed by atoms with van der Waals surface area (Å²) in [7, 11) is 0. The number of allylic oxidation sites excluding steroid dienone is 1. The molecule has 3 nitrogen and oxygen atoms in total. The minimum atomic E-state index is -0.293. The minimum absolute atomic E-state index is 0.0529. The fourth-order valence-corrected chi connectivity index (χ4v) is 3.71. The second-order valence-corrected chi connectivity index (χ2v) is 6.80. The van der Waals surface area contributed by atoms with E-state index in [4.69, 9.17) is 11.6 Å². The molecule has 1 heterocycles. The molecule has 0 spiro atoms. The van der Waals surface area contributed by atoms with E-state index >= 15 is 0 Å². The Balaban J connectivity index is 2.03. The van der Waals surface area contributed by atoms with Crippen molar-refractivity contribution in [3.63, 3.8) is 0 Å². The maximum Gasteiger partial charge on any atom is 0.296 e. The Labute approximate surface area is 151 Å². The third kappa shape index (κ3) is 3.29. The molecule has 0 unspecified atom stereocenters. The van der Waals surface area contributed by atoms with Crippen LogP contribution in [0.1, 0.15) is 43.0 Å². The van der Waals surface area contributed by atoms with Gasteiger partial charge in [-0.2, -0.15) is 0 Å². The Hall–Kier alpha value is -2.25. The van der Waals surface area contributed by atoms with Crippen LogP contribution in [-0.4, -0.2) is 16.9 Å². The van der Waals surface area contributed by atoms with Gasteiger partial charge < -0.3 is 10.3 Å². The molecule has 1 aliphatic rings. The lowest BCUT2D eigenvalue weighted by atomic mass is 9.87. The highest BCUT2D eigenvalue weighted by Crippen LogP contribution is 2.39. The molecular weight excluding hydrogens is 339 g/mol. The van der Waals surface area contributed by atoms with Gasteiger partial charge in [0, 0.05) is 22.7 Å². The molecule has 2 aromatic rings. The predicted octanol–water partition coefficient (Wildman–Crippen LogP) is 4.65. The lowest BCUT2D eigenvalue weighted by Crippen LogP contribution is -2.35. The highest BCUT2D eigenvalue weighted by molar-refractivity contribution is 6.37. The number of amides is 1. The maximum atomic E-state index is 14.8. The SMILES string of the molecule is CC#CC(=O)N[C@H]1CCC=C(c2c(F)cc(C)c3[nH]c(C)c(Cl)c23)C1. The van der Waals surface area contributed by atoms with Crippen LogP contribution in [0.4, 0.5) is 4.39 Å². The number of fused-ring (bicyclic) bond motifs is 1. The molecule has 1 amide bonds. The Bertz CT molecular complexity index is 946. The van der Waals surface area contributed by atoms with Crippen molar-refractivity contribution in [3.8, 4) is 11.8 Å². The molecule has 0 radical (unpaired) electrons. The standard InChI is InChI=1S/C20H20ClFN2O/c1-4-6-16(25)24-14-8-5-7-13(10-14)17-15(22)9-11(2)20-18(17)19(21)12(3)23-20/h7,9,14,23H,5,8,10H2,1-3H3,(H,24,25)/t14-/m0/s1. The molecule has 0 aliphatic heterocycles. The third-order valence-electron chi connectivity index (χ3n) is 4.60. The maximum absolute atomic E-state index is 14.8. The van der Waals surface area contributed by atoms with Gasteiger partial charge in [0.2, 0.25) is 0 Å². The summed E-state index contributed by atoms with van der Waals surface area (Å²) < 4.78 is 14.8. The number of carbonyl (C=O) groups excluding carboxylic acids is 1. The topological polar surface area (TPSA) is 44.9 Å². The molecule has 0 saturated heterocycles. The predicted molar refractivity (Wildman–Crippen MR) is 99.9 cm³/mol. The fraction of sp³-hybridized carbons (Fsp3) is 0.350. The van der Waals surface area contributed by atoms with E-state index in [2.05, 4.69) is 22.1 Å². The first-order valence-electron chi connectivity index (χ1n) is 8.32. The van der Waals surface area contributed by atoms with Crippen molar-refractivity contribution < 1.29 is 9.18 Å². The number of benzene rings is 1. The van der Waals surface area contributed by atoms with Crippen LogP contribution >= 0.6 is 11.6 Å². The number of halogens is 2. The lowest BCUT2D eigenvalue weighted by Gasteiger charge is -2.24. The number of hydrogen-bond acceptors (Lipinski definition) is 1. The van der Waals surface area contributed by atoms with E-state index in [1.54, 1.807) is 6.92 Å². The fourth-order valence-electron chi connectivity index (χ4n) is 3.47. The summed E-state index contributed by atoms with van der Waals surface area (Å²) in [4.78, 5) is 15.0. The molecule has 5 heteroatoms. The van der Waals surface area contributed by atoms with E-state index in [-0.39, 0.29) is 17.8 Å². The van der Waals surface area contributed by atoms with Gasteiger partial charge >= 0.3 is 0 Å². The van der Waals surface area contributed by atoms with Crippen molar-refractivity contribution >= 4 is 34.0 Å². The minimum Gasteiger partial charge on any atom is -0.357 e. The van der Waals surface area contributed by atoms with Gasteiger partial charge in [0.1, 0.15) is 5.82 Å². The zero-order chi connectivity index (χ0) is 18.1. The number of carbonyl (C=O) groups is 1. The van der Waals surface area contributed by atoms with Gasteiger partial charge in [0.05, 0.1) is 10.5 Å². The summed E-state index contributed by atoms with van der Waals surface area (Å²) in [5, 5.41) is 4.18. The molecule has 0 bridgehead atoms. The zero-order valence-corrected chi connectivity index (χ0v) is 15.3. The number of nitrogens with one attached hydrogen (secondary N) is 2. The van der Waals surface area contributed by atoms with Crippen molar-refractivity contribution in [2.45, 2.75) is 46.1 Å². The van der Waals surface area contributed by atoms with E-state index in [1.807, 2.05) is 19.9 Å². The number of aromatic nitrogens is 1. The summed E-state index contributed by atoms with van der Waals surface area (Å²) in [5.74, 6) is 4.51. The van der Waals surface area contributed by atoms with Gasteiger partial charge in [-0.1, -0.05) is 23.6 Å². The molecule has 0 saturated carbocycles. The molecular formula is C20H20ClFN2O. The van der Waals surface area contributed by atoms with Crippen LogP contribution in [-0.2, 0) is 4.79 Å². The van der Waals surface area contributed by atoms with Gasteiger partial charge in [0.25, 0.3) is 5.91 Å². The molecule has 2 N–H and O–H groups in total. The van der Waals surface area contributed by atoms with Crippen LogP contribution in [0.15, 0.2) is 12.1 Å². The number of hydrogen-bond donors (Lipinski definition) is 2. The van der Waals surface area contributed by atoms with Crippen molar-refractivity contribution in [3.05, 3.63) is 39.8 Å². The Kier molecular flexibility index (Phi) is 4.87. The molecule has 1 aliphatic carbocycles. The van der Waals surface area contributed by atoms with E-state index < -0.39 is 0 Å². The molecule has 1 atom stereocenters. The summed E-state index contributed by atoms with van der Waals surface area (Å²) in [5.41, 5.74) is 3.93. The Morgan fingerprint density at radius 2 is 2.20 bits per heavy atom. The second-order valence-electron chi connectivity index (χ2n) is 6.42. The Morgan fingerprint density at radius 3 is 2.92 bits per heavy atom. The zero-order valence-electron chi connectivity index (χ0n) is 14.5. The van der Waals surface area contributed by atoms with Crippen molar-refractivity contribution in [2.75, 3.05) is 0 Å². The van der Waals surface area contributed by atoms with E-state index in [1.165, 1.54) is 6.07 Å². The molecule has 25 heavy (non-hydrogen) atoms. The van der Waals surface area contributed by atoms with Gasteiger partial charge in [-0.15, -0.1) is 0 Å². The lowest BCUT2D eigenvalue weighted by molar-refractivity contribution is -0.116. The van der Waals surface area contributed by atoms with Gasteiger partial charge in [-0.25, -0.2) is 4.39 Å². The van der Waals surface area contributed by atoms with Crippen LogP contribution in [0.25, 0.3) is 16.5 Å². The molecule has 130 valence electrons. The first kappa shape index (κ1) is 17.6. The van der Waals surface area contributed by atoms with Crippen LogP contribution in [0, 0.1) is 31.5 Å². The summed E-state index contributed by atoms with van der Waals surface area (Å²) >= 11 is 6.46. The van der Waals surface area contributed by atoms with E-state index in [0.29, 0.717) is 17.0 Å². The first-order valence-corrected chi connectivity index (χ1v) is 8.69. The molecule has 1 aromatic carbocycles. The highest BCUT2D eigenvalue weighted by atomic mass is 35.5. The monoisotopic (exact) mass is 358 g/mol. The Morgan fingerprint density at radius 1 is 1.44 bits per heavy atom. The van der Waals surface area contributed by atoms with Gasteiger partial charge in [-0.3, -0.25) is 4.79 Å². The van der Waals surface area contributed by atoms with E-state index in [9.17, 15) is 9.18 Å². The second kappa shape index (κ2) is 6.93. The van der Waals surface area contributed by atoms with Crippen molar-refractivity contribution in [2.24, 2.45) is 0 Å². The average Bonchev–Trinajstić information content (AvgIpc) is 2.85.